The largest absolute Gasteiger partial charge is 0.467 e. The Morgan fingerprint density at radius 3 is 2.24 bits per heavy atom. The lowest BCUT2D eigenvalue weighted by Gasteiger charge is -2.29. The number of anilines is 2. The van der Waals surface area contributed by atoms with Gasteiger partial charge in [0.1, 0.15) is 17.3 Å². The third kappa shape index (κ3) is 5.04. The molecule has 2 N–H and O–H groups in total. The van der Waals surface area contributed by atoms with Gasteiger partial charge in [0.15, 0.2) is 6.04 Å². The number of amides is 3. The summed E-state index contributed by atoms with van der Waals surface area (Å²) in [6.45, 7) is 0.0125. The van der Waals surface area contributed by atoms with E-state index in [0.717, 1.165) is 11.0 Å². The molecule has 4 aromatic rings. The molecule has 0 aliphatic rings. The molecular formula is C25H20FN3O5. The smallest absolute Gasteiger partial charge is 0.317 e. The van der Waals surface area contributed by atoms with Crippen molar-refractivity contribution in [1.29, 1.82) is 0 Å². The van der Waals surface area contributed by atoms with Gasteiger partial charge in [0.2, 0.25) is 0 Å². The fourth-order valence-electron chi connectivity index (χ4n) is 3.33. The van der Waals surface area contributed by atoms with E-state index in [1.54, 1.807) is 42.5 Å². The summed E-state index contributed by atoms with van der Waals surface area (Å²) in [5.74, 6) is -3.18. The molecule has 0 bridgehead atoms. The number of halogens is 1. The minimum Gasteiger partial charge on any atom is -0.467 e. The molecular weight excluding hydrogens is 441 g/mol. The third-order valence-corrected chi connectivity index (χ3v) is 4.89. The zero-order chi connectivity index (χ0) is 23.9. The third-order valence-electron chi connectivity index (χ3n) is 4.89. The van der Waals surface area contributed by atoms with Crippen molar-refractivity contribution >= 4 is 29.1 Å². The Hall–Kier alpha value is -4.66. The predicted octanol–water partition coefficient (Wildman–Crippen LogP) is 4.04. The minimum atomic E-state index is -1.48. The van der Waals surface area contributed by atoms with Crippen molar-refractivity contribution in [3.63, 3.8) is 0 Å². The van der Waals surface area contributed by atoms with E-state index in [4.69, 9.17) is 8.83 Å². The maximum atomic E-state index is 14.9. The average Bonchev–Trinajstić information content (AvgIpc) is 3.56. The molecule has 8 nitrogen and oxygen atoms in total. The summed E-state index contributed by atoms with van der Waals surface area (Å²) in [7, 11) is 0. The number of carbonyl (C=O) groups is 3. The molecule has 34 heavy (non-hydrogen) atoms. The Kier molecular flexibility index (Phi) is 6.83. The van der Waals surface area contributed by atoms with E-state index in [9.17, 15) is 18.8 Å². The van der Waals surface area contributed by atoms with Crippen LogP contribution in [-0.2, 0) is 20.9 Å². The van der Waals surface area contributed by atoms with Gasteiger partial charge in [-0.25, -0.2) is 4.39 Å². The monoisotopic (exact) mass is 461 g/mol. The summed E-state index contributed by atoms with van der Waals surface area (Å²) in [6.07, 6.45) is 2.77. The Morgan fingerprint density at radius 2 is 1.56 bits per heavy atom. The molecule has 0 saturated carbocycles. The van der Waals surface area contributed by atoms with Gasteiger partial charge in [0.05, 0.1) is 24.8 Å². The van der Waals surface area contributed by atoms with E-state index in [1.807, 2.05) is 0 Å². The number of furan rings is 2. The van der Waals surface area contributed by atoms with Gasteiger partial charge < -0.3 is 19.5 Å². The highest BCUT2D eigenvalue weighted by molar-refractivity contribution is 6.45. The van der Waals surface area contributed by atoms with Gasteiger partial charge in [-0.3, -0.25) is 19.3 Å². The molecule has 0 aliphatic heterocycles. The fourth-order valence-corrected chi connectivity index (χ4v) is 3.33. The van der Waals surface area contributed by atoms with E-state index < -0.39 is 29.6 Å². The van der Waals surface area contributed by atoms with Crippen LogP contribution in [0.5, 0.6) is 0 Å². The quantitative estimate of drug-likeness (QED) is 0.404. The van der Waals surface area contributed by atoms with Crippen molar-refractivity contribution in [2.45, 2.75) is 12.6 Å². The summed E-state index contributed by atoms with van der Waals surface area (Å²) >= 11 is 0. The number of hydrogen-bond donors (Lipinski definition) is 2. The fraction of sp³-hybridized carbons (Fsp3) is 0.0800. The van der Waals surface area contributed by atoms with Crippen LogP contribution in [0.25, 0.3) is 0 Å². The van der Waals surface area contributed by atoms with E-state index in [2.05, 4.69) is 10.6 Å². The summed E-state index contributed by atoms with van der Waals surface area (Å²) in [6, 6.07) is 18.5. The number of benzene rings is 2. The second-order valence-corrected chi connectivity index (χ2v) is 7.16. The predicted molar refractivity (Wildman–Crippen MR) is 121 cm³/mol. The van der Waals surface area contributed by atoms with Crippen molar-refractivity contribution in [2.24, 2.45) is 0 Å². The van der Waals surface area contributed by atoms with Crippen LogP contribution in [0.2, 0.25) is 0 Å². The first-order valence-corrected chi connectivity index (χ1v) is 10.3. The molecule has 0 fully saturated rings. The molecule has 0 radical (unpaired) electrons. The van der Waals surface area contributed by atoms with Crippen LogP contribution >= 0.6 is 0 Å². The Bertz CT molecular complexity index is 1260. The molecule has 2 heterocycles. The first kappa shape index (κ1) is 22.5. The van der Waals surface area contributed by atoms with E-state index >= 15 is 0 Å². The lowest BCUT2D eigenvalue weighted by atomic mass is 10.1. The van der Waals surface area contributed by atoms with Gasteiger partial charge in [-0.1, -0.05) is 30.3 Å². The lowest BCUT2D eigenvalue weighted by Crippen LogP contribution is -2.48. The number of rotatable bonds is 7. The number of nitrogens with zero attached hydrogens (tertiary/aromatic N) is 1. The highest BCUT2D eigenvalue weighted by Gasteiger charge is 2.38. The maximum Gasteiger partial charge on any atom is 0.317 e. The zero-order valence-corrected chi connectivity index (χ0v) is 17.8. The molecule has 0 spiro atoms. The van der Waals surface area contributed by atoms with Crippen LogP contribution < -0.4 is 15.5 Å². The summed E-state index contributed by atoms with van der Waals surface area (Å²) in [5.41, 5.74) is 0.108. The molecule has 9 heteroatoms. The highest BCUT2D eigenvalue weighted by atomic mass is 19.1. The van der Waals surface area contributed by atoms with Gasteiger partial charge in [-0.05, 0) is 48.5 Å². The number of nitrogens with one attached hydrogen (secondary N) is 2. The van der Waals surface area contributed by atoms with Gasteiger partial charge in [-0.2, -0.15) is 0 Å². The molecule has 3 amide bonds. The molecule has 4 rings (SSSR count). The highest BCUT2D eigenvalue weighted by Crippen LogP contribution is 2.30. The normalized spacial score (nSPS) is 11.4. The Labute approximate surface area is 194 Å². The number of para-hydroxylation sites is 2. The molecule has 2 aromatic carbocycles. The van der Waals surface area contributed by atoms with Crippen LogP contribution in [0.3, 0.4) is 0 Å². The van der Waals surface area contributed by atoms with E-state index in [1.165, 1.54) is 42.9 Å². The summed E-state index contributed by atoms with van der Waals surface area (Å²) in [4.78, 5) is 40.3. The van der Waals surface area contributed by atoms with Crippen molar-refractivity contribution in [3.8, 4) is 0 Å². The number of hydrogen-bond acceptors (Lipinski definition) is 5. The molecule has 0 aliphatic carbocycles. The van der Waals surface area contributed by atoms with Crippen LogP contribution in [0, 0.1) is 5.82 Å². The van der Waals surface area contributed by atoms with Crippen LogP contribution in [0.1, 0.15) is 17.6 Å². The average molecular weight is 461 g/mol. The van der Waals surface area contributed by atoms with Crippen LogP contribution in [-0.4, -0.2) is 17.7 Å². The second-order valence-electron chi connectivity index (χ2n) is 7.16. The van der Waals surface area contributed by atoms with Crippen LogP contribution in [0.4, 0.5) is 15.8 Å². The molecule has 0 saturated heterocycles. The van der Waals surface area contributed by atoms with Gasteiger partial charge in [-0.15, -0.1) is 0 Å². The van der Waals surface area contributed by atoms with Crippen molar-refractivity contribution in [1.82, 2.24) is 5.32 Å². The first-order valence-electron chi connectivity index (χ1n) is 10.3. The molecule has 1 atom stereocenters. The minimum absolute atomic E-state index is 0.0125. The first-order chi connectivity index (χ1) is 16.5. The second kappa shape index (κ2) is 10.3. The van der Waals surface area contributed by atoms with E-state index in [-0.39, 0.29) is 18.0 Å². The van der Waals surface area contributed by atoms with Crippen molar-refractivity contribution < 1.29 is 27.6 Å². The summed E-state index contributed by atoms with van der Waals surface area (Å²) < 4.78 is 25.5. The molecule has 0 unspecified atom stereocenters. The van der Waals surface area contributed by atoms with Crippen molar-refractivity contribution in [2.75, 3.05) is 10.2 Å². The topological polar surface area (TPSA) is 105 Å². The lowest BCUT2D eigenvalue weighted by molar-refractivity contribution is -0.136. The molecule has 2 aromatic heterocycles. The number of carbonyl (C=O) groups excluding carboxylic acids is 3. The Balaban J connectivity index is 1.71. The van der Waals surface area contributed by atoms with Crippen molar-refractivity contribution in [3.05, 3.63) is 109 Å². The molecule has 172 valence electrons. The van der Waals surface area contributed by atoms with Gasteiger partial charge in [0, 0.05) is 5.69 Å². The van der Waals surface area contributed by atoms with Crippen LogP contribution in [0.15, 0.2) is 100 Å². The van der Waals surface area contributed by atoms with Gasteiger partial charge >= 0.3 is 11.8 Å². The standard InChI is InChI=1S/C25H20FN3O5/c26-19-11-4-5-12-20(19)29(25(32)24(31)28-17-8-2-1-3-9-17)22(21-13-7-15-34-21)23(30)27-16-18-10-6-14-33-18/h1-15,22H,16H2,(H,27,30)(H,28,31)/t22-/m1/s1. The maximum absolute atomic E-state index is 14.9. The zero-order valence-electron chi connectivity index (χ0n) is 17.8. The Morgan fingerprint density at radius 1 is 0.853 bits per heavy atom. The van der Waals surface area contributed by atoms with Gasteiger partial charge in [0.25, 0.3) is 5.91 Å². The van der Waals surface area contributed by atoms with E-state index in [0.29, 0.717) is 11.4 Å². The summed E-state index contributed by atoms with van der Waals surface area (Å²) in [5, 5.41) is 5.12. The SMILES string of the molecule is O=C(Nc1ccccc1)C(=O)N(c1ccccc1F)[C@@H](C(=O)NCc1ccco1)c1ccco1.